The lowest BCUT2D eigenvalue weighted by molar-refractivity contribution is -0.116. The van der Waals surface area contributed by atoms with Crippen molar-refractivity contribution in [3.63, 3.8) is 0 Å². The number of hydrogen-bond acceptors (Lipinski definition) is 8. The quantitative estimate of drug-likeness (QED) is 0.444. The lowest BCUT2D eigenvalue weighted by Gasteiger charge is -2.11. The van der Waals surface area contributed by atoms with Crippen LogP contribution >= 0.6 is 0 Å². The zero-order chi connectivity index (χ0) is 17.4. The predicted molar refractivity (Wildman–Crippen MR) is 91.7 cm³/mol. The van der Waals surface area contributed by atoms with Gasteiger partial charge < -0.3 is 26.4 Å². The van der Waals surface area contributed by atoms with Crippen LogP contribution in [-0.2, 0) is 4.79 Å². The van der Waals surface area contributed by atoms with Gasteiger partial charge in [-0.1, -0.05) is 0 Å². The molecule has 3 heterocycles. The number of fused-ring (bicyclic) bond motifs is 1. The summed E-state index contributed by atoms with van der Waals surface area (Å²) in [5, 5.41) is 25.8. The van der Waals surface area contributed by atoms with E-state index in [1.165, 1.54) is 0 Å². The minimum atomic E-state index is -0.516. The van der Waals surface area contributed by atoms with Gasteiger partial charge in [0.05, 0.1) is 19.0 Å². The number of carbonyl (C=O) groups is 1. The Balaban J connectivity index is 1.73. The third-order valence-electron chi connectivity index (χ3n) is 3.93. The monoisotopic (exact) mass is 344 g/mol. The summed E-state index contributed by atoms with van der Waals surface area (Å²) in [7, 11) is 0. The standard InChI is InChI=1S/C15H20N8O2/c1-8(24)5-16-14-21-12-9(4-11-13(25)18-7-17-11)6-19-23(12)15(22-14)20-10-2-3-10/h4,6,8,10,17,24H,2-3,5,7H2,1H3,(H,18,25)(H2,16,20,21,22)/b11-4-. The molecule has 1 saturated carbocycles. The summed E-state index contributed by atoms with van der Waals surface area (Å²) in [4.78, 5) is 20.7. The number of aromatic nitrogens is 4. The van der Waals surface area contributed by atoms with Crippen LogP contribution in [0.4, 0.5) is 11.9 Å². The fraction of sp³-hybridized carbons (Fsp3) is 0.467. The first-order valence-corrected chi connectivity index (χ1v) is 8.28. The molecule has 5 N–H and O–H groups in total. The lowest BCUT2D eigenvalue weighted by Crippen LogP contribution is -2.19. The van der Waals surface area contributed by atoms with E-state index in [1.807, 2.05) is 0 Å². The van der Waals surface area contributed by atoms with E-state index in [0.717, 1.165) is 12.8 Å². The number of anilines is 2. The van der Waals surface area contributed by atoms with Crippen LogP contribution in [0.1, 0.15) is 25.3 Å². The molecule has 1 amide bonds. The van der Waals surface area contributed by atoms with Gasteiger partial charge in [0.25, 0.3) is 5.91 Å². The molecule has 2 aromatic heterocycles. The normalized spacial score (nSPS) is 19.8. The smallest absolute Gasteiger partial charge is 0.268 e. The molecule has 4 rings (SSSR count). The Hall–Kier alpha value is -2.88. The second-order valence-electron chi connectivity index (χ2n) is 6.27. The summed E-state index contributed by atoms with van der Waals surface area (Å²) < 4.78 is 1.63. The van der Waals surface area contributed by atoms with Crippen molar-refractivity contribution in [2.75, 3.05) is 23.8 Å². The SMILES string of the molecule is CC(O)CNc1nc(NC2CC2)n2ncc(/C=C3\NCNC3=O)c2n1. The van der Waals surface area contributed by atoms with Gasteiger partial charge in [0.1, 0.15) is 5.70 Å². The number of carbonyl (C=O) groups excluding carboxylic acids is 1. The van der Waals surface area contributed by atoms with Crippen LogP contribution in [0.2, 0.25) is 0 Å². The molecular weight excluding hydrogens is 324 g/mol. The molecule has 2 aromatic rings. The van der Waals surface area contributed by atoms with E-state index in [0.29, 0.717) is 48.1 Å². The third-order valence-corrected chi connectivity index (χ3v) is 3.93. The van der Waals surface area contributed by atoms with E-state index in [-0.39, 0.29) is 5.91 Å². The molecule has 132 valence electrons. The first kappa shape index (κ1) is 15.6. The van der Waals surface area contributed by atoms with Crippen LogP contribution < -0.4 is 21.3 Å². The molecule has 2 fully saturated rings. The second kappa shape index (κ2) is 6.20. The van der Waals surface area contributed by atoms with Crippen LogP contribution in [-0.4, -0.2) is 56.0 Å². The Bertz CT molecular complexity index is 839. The van der Waals surface area contributed by atoms with Gasteiger partial charge in [-0.05, 0) is 25.8 Å². The van der Waals surface area contributed by atoms with Crippen LogP contribution in [0, 0.1) is 0 Å². The number of aliphatic hydroxyl groups is 1. The number of aliphatic hydroxyl groups excluding tert-OH is 1. The number of hydrogen-bond donors (Lipinski definition) is 5. The first-order valence-electron chi connectivity index (χ1n) is 8.28. The second-order valence-corrected chi connectivity index (χ2v) is 6.27. The van der Waals surface area contributed by atoms with Crippen LogP contribution in [0.5, 0.6) is 0 Å². The van der Waals surface area contributed by atoms with E-state index in [4.69, 9.17) is 0 Å². The van der Waals surface area contributed by atoms with Gasteiger partial charge in [-0.15, -0.1) is 0 Å². The molecule has 0 bridgehead atoms. The van der Waals surface area contributed by atoms with E-state index >= 15 is 0 Å². The van der Waals surface area contributed by atoms with E-state index in [9.17, 15) is 9.90 Å². The number of rotatable bonds is 6. The van der Waals surface area contributed by atoms with Gasteiger partial charge in [0.2, 0.25) is 11.9 Å². The molecular formula is C15H20N8O2. The molecule has 0 aromatic carbocycles. The maximum Gasteiger partial charge on any atom is 0.268 e. The van der Waals surface area contributed by atoms with Crippen LogP contribution in [0.25, 0.3) is 11.7 Å². The van der Waals surface area contributed by atoms with Gasteiger partial charge >= 0.3 is 0 Å². The Morgan fingerprint density at radius 3 is 2.96 bits per heavy atom. The average molecular weight is 344 g/mol. The summed E-state index contributed by atoms with van der Waals surface area (Å²) >= 11 is 0. The zero-order valence-corrected chi connectivity index (χ0v) is 13.8. The summed E-state index contributed by atoms with van der Waals surface area (Å²) in [5.74, 6) is 0.840. The maximum absolute atomic E-state index is 11.7. The Morgan fingerprint density at radius 1 is 1.44 bits per heavy atom. The molecule has 1 aliphatic carbocycles. The highest BCUT2D eigenvalue weighted by molar-refractivity contribution is 5.99. The van der Waals surface area contributed by atoms with Gasteiger partial charge in [0, 0.05) is 18.2 Å². The van der Waals surface area contributed by atoms with E-state index in [1.54, 1.807) is 23.7 Å². The Kier molecular flexibility index (Phi) is 3.88. The number of amides is 1. The molecule has 0 spiro atoms. The van der Waals surface area contributed by atoms with Crippen LogP contribution in [0.3, 0.4) is 0 Å². The summed E-state index contributed by atoms with van der Waals surface area (Å²) in [5.41, 5.74) is 1.77. The average Bonchev–Trinajstić information content (AvgIpc) is 3.17. The van der Waals surface area contributed by atoms with Crippen molar-refractivity contribution >= 4 is 29.5 Å². The minimum Gasteiger partial charge on any atom is -0.392 e. The zero-order valence-electron chi connectivity index (χ0n) is 13.8. The Labute approximate surface area is 143 Å². The van der Waals surface area contributed by atoms with Crippen LogP contribution in [0.15, 0.2) is 11.9 Å². The molecule has 2 aliphatic rings. The predicted octanol–water partition coefficient (Wildman–Crippen LogP) is -0.491. The number of nitrogens with one attached hydrogen (secondary N) is 4. The van der Waals surface area contributed by atoms with E-state index < -0.39 is 6.10 Å². The molecule has 0 radical (unpaired) electrons. The Morgan fingerprint density at radius 2 is 2.28 bits per heavy atom. The maximum atomic E-state index is 11.7. The van der Waals surface area contributed by atoms with Gasteiger partial charge in [-0.2, -0.15) is 19.6 Å². The molecule has 1 unspecified atom stereocenters. The fourth-order valence-electron chi connectivity index (χ4n) is 2.49. The third kappa shape index (κ3) is 3.33. The van der Waals surface area contributed by atoms with Crippen molar-refractivity contribution < 1.29 is 9.90 Å². The molecule has 10 nitrogen and oxygen atoms in total. The van der Waals surface area contributed by atoms with Crippen molar-refractivity contribution in [3.8, 4) is 0 Å². The van der Waals surface area contributed by atoms with Crippen molar-refractivity contribution in [1.29, 1.82) is 0 Å². The molecule has 10 heteroatoms. The lowest BCUT2D eigenvalue weighted by atomic mass is 10.2. The minimum absolute atomic E-state index is 0.155. The number of nitrogens with zero attached hydrogens (tertiary/aromatic N) is 4. The van der Waals surface area contributed by atoms with Gasteiger partial charge in [0.15, 0.2) is 5.65 Å². The van der Waals surface area contributed by atoms with Crippen molar-refractivity contribution in [1.82, 2.24) is 30.2 Å². The highest BCUT2D eigenvalue weighted by atomic mass is 16.3. The topological polar surface area (TPSA) is 128 Å². The largest absolute Gasteiger partial charge is 0.392 e. The van der Waals surface area contributed by atoms with Crippen molar-refractivity contribution in [3.05, 3.63) is 17.5 Å². The molecule has 1 aliphatic heterocycles. The highest BCUT2D eigenvalue weighted by Gasteiger charge is 2.24. The highest BCUT2D eigenvalue weighted by Crippen LogP contribution is 2.25. The van der Waals surface area contributed by atoms with Crippen molar-refractivity contribution in [2.24, 2.45) is 0 Å². The molecule has 1 atom stereocenters. The summed E-state index contributed by atoms with van der Waals surface area (Å²) in [6, 6.07) is 0.399. The van der Waals surface area contributed by atoms with Gasteiger partial charge in [-0.3, -0.25) is 4.79 Å². The van der Waals surface area contributed by atoms with Crippen molar-refractivity contribution in [2.45, 2.75) is 31.9 Å². The molecule has 1 saturated heterocycles. The first-order chi connectivity index (χ1) is 12.1. The fourth-order valence-corrected chi connectivity index (χ4v) is 2.49. The summed E-state index contributed by atoms with van der Waals surface area (Å²) in [6.45, 7) is 2.44. The van der Waals surface area contributed by atoms with Gasteiger partial charge in [-0.25, -0.2) is 0 Å². The molecule has 25 heavy (non-hydrogen) atoms. The summed E-state index contributed by atoms with van der Waals surface area (Å²) in [6.07, 6.45) is 5.06. The van der Waals surface area contributed by atoms with E-state index in [2.05, 4.69) is 36.3 Å².